The fraction of sp³-hybridized carbons (Fsp3) is 0.828. The largest absolute Gasteiger partial charge is 0.462 e. The van der Waals surface area contributed by atoms with E-state index >= 15 is 0 Å². The van der Waals surface area contributed by atoms with Gasteiger partial charge in [0.25, 0.3) is 0 Å². The summed E-state index contributed by atoms with van der Waals surface area (Å²) in [6, 6.07) is 0. The average Bonchev–Trinajstić information content (AvgIpc) is 4.22. The van der Waals surface area contributed by atoms with Gasteiger partial charge in [-0.1, -0.05) is 129 Å². The Morgan fingerprint density at radius 2 is 0.895 bits per heavy atom. The van der Waals surface area contributed by atoms with Crippen LogP contribution in [0.5, 0.6) is 0 Å². The van der Waals surface area contributed by atoms with E-state index in [4.69, 9.17) is 37.9 Å². The van der Waals surface area contributed by atoms with Gasteiger partial charge in [0.1, 0.15) is 72.2 Å². The average molecular weight is 1070 g/mol. The van der Waals surface area contributed by atoms with E-state index in [1.54, 1.807) is 41.5 Å². The van der Waals surface area contributed by atoms with Crippen LogP contribution >= 0.6 is 0 Å². The van der Waals surface area contributed by atoms with Gasteiger partial charge in [0, 0.05) is 37.5 Å². The topological polar surface area (TPSA) is 264 Å². The number of esters is 6. The van der Waals surface area contributed by atoms with Crippen molar-refractivity contribution in [3.63, 3.8) is 0 Å². The van der Waals surface area contributed by atoms with Crippen molar-refractivity contribution in [3.8, 4) is 0 Å². The van der Waals surface area contributed by atoms with E-state index in [1.807, 2.05) is 0 Å². The van der Waals surface area contributed by atoms with E-state index in [1.165, 1.54) is 51.4 Å². The Kier molecular flexibility index (Phi) is 15.4. The Morgan fingerprint density at radius 3 is 1.22 bits per heavy atom. The lowest BCUT2D eigenvalue weighted by molar-refractivity contribution is -0.272. The number of unbranched alkanes of at least 4 members (excludes halogenated alkanes) is 12. The number of ether oxygens (including phenoxy) is 8. The molecule has 4 bridgehead atoms. The van der Waals surface area contributed by atoms with Crippen LogP contribution in [0.3, 0.4) is 0 Å². The highest BCUT2D eigenvalue weighted by Gasteiger charge is 2.95. The van der Waals surface area contributed by atoms with Crippen LogP contribution in [0.25, 0.3) is 0 Å². The Hall–Kier alpha value is -3.94. The first-order chi connectivity index (χ1) is 35.9. The van der Waals surface area contributed by atoms with Crippen LogP contribution in [0.1, 0.15) is 171 Å². The van der Waals surface area contributed by atoms with E-state index in [0.29, 0.717) is 24.0 Å². The molecule has 4 N–H and O–H groups in total. The molecule has 76 heavy (non-hydrogen) atoms. The molecule has 22 atom stereocenters. The molecule has 424 valence electrons. The molecule has 6 aliphatic heterocycles. The summed E-state index contributed by atoms with van der Waals surface area (Å²) in [6.45, 7) is 22.5. The fourth-order valence-electron chi connectivity index (χ4n) is 16.2. The standard InChI is InChI=1S/2C29H42O9/c2*1-6-7-8-9-10-11-12-13-18(30)35-16(4)17-14-28(38-25(17)32)23-24(37-23)29(34)20-19(15(2)3)21(36-26(20)33)22(31)27(28,29)5/h2*16-17,19-24,31,34H,2,6-14H2,1,3-5H3/t2*16-,17+,19-,20+,21+,22+,23+,24-,27-,28+,29-/m00/s1. The number of aliphatic hydroxyl groups excluding tert-OH is 2. The first kappa shape index (κ1) is 56.8. The van der Waals surface area contributed by atoms with Crippen molar-refractivity contribution in [1.82, 2.24) is 0 Å². The van der Waals surface area contributed by atoms with Gasteiger partial charge in [0.15, 0.2) is 11.2 Å². The monoisotopic (exact) mass is 1070 g/mol. The molecule has 6 saturated heterocycles. The number of rotatable bonds is 22. The summed E-state index contributed by atoms with van der Waals surface area (Å²) in [6.07, 6.45) is 7.16. The van der Waals surface area contributed by atoms with Gasteiger partial charge in [-0.3, -0.25) is 28.8 Å². The maximum absolute atomic E-state index is 13.2. The van der Waals surface area contributed by atoms with Crippen LogP contribution in [-0.4, -0.2) is 140 Å². The lowest BCUT2D eigenvalue weighted by atomic mass is 9.50. The summed E-state index contributed by atoms with van der Waals surface area (Å²) in [4.78, 5) is 77.4. The van der Waals surface area contributed by atoms with Crippen molar-refractivity contribution in [2.24, 2.45) is 46.3 Å². The zero-order valence-corrected chi connectivity index (χ0v) is 45.9. The van der Waals surface area contributed by atoms with Gasteiger partial charge in [-0.05, 0) is 40.5 Å². The summed E-state index contributed by atoms with van der Waals surface area (Å²) in [5.41, 5.74) is -7.97. The normalized spacial score (nSPS) is 44.8. The van der Waals surface area contributed by atoms with E-state index in [9.17, 15) is 49.2 Å². The third-order valence-corrected chi connectivity index (χ3v) is 20.5. The summed E-state index contributed by atoms with van der Waals surface area (Å²) in [7, 11) is 0. The Morgan fingerprint density at radius 1 is 0.566 bits per heavy atom. The zero-order chi connectivity index (χ0) is 55.2. The molecule has 0 aromatic carbocycles. The molecule has 6 heterocycles. The molecule has 0 radical (unpaired) electrons. The van der Waals surface area contributed by atoms with Crippen molar-refractivity contribution < 1.29 is 87.1 Å². The molecule has 0 aromatic rings. The number of carbonyl (C=O) groups excluding carboxylic acids is 6. The summed E-state index contributed by atoms with van der Waals surface area (Å²) < 4.78 is 46.2. The molecule has 4 aliphatic carbocycles. The predicted molar refractivity (Wildman–Crippen MR) is 269 cm³/mol. The van der Waals surface area contributed by atoms with Gasteiger partial charge >= 0.3 is 35.8 Å². The summed E-state index contributed by atoms with van der Waals surface area (Å²) >= 11 is 0. The SMILES string of the molecule is C=C(C)[C@@H]1[C@H]2OC(=O)[C@@H]1[C@]1(O)[C@H]3O[C@H]3[C@]3(C[C@H]([C@H](C)OC(=O)CCCCCCCCC)C(=O)O3)[C@]1(C)[C@@H]2O.C=C(C)[C@@H]1[C@H]2OC(=O)[C@@H]1[C@]1(O)[C@H]3O[C@H]3[C@]3(C[C@H]([C@H](C)OC(=O)CCCCCCCCC)C(=O)O3)[C@]1(C)[C@@H]2O. The summed E-state index contributed by atoms with van der Waals surface area (Å²) in [5, 5.41) is 47.6. The minimum Gasteiger partial charge on any atom is -0.462 e. The highest BCUT2D eigenvalue weighted by atomic mass is 16.7. The number of hydrogen-bond acceptors (Lipinski definition) is 18. The van der Waals surface area contributed by atoms with Crippen molar-refractivity contribution in [2.45, 2.75) is 254 Å². The van der Waals surface area contributed by atoms with Gasteiger partial charge in [0.2, 0.25) is 0 Å². The molecule has 2 spiro atoms. The van der Waals surface area contributed by atoms with Crippen LogP contribution in [0, 0.1) is 46.3 Å². The first-order valence-corrected chi connectivity index (χ1v) is 28.6. The Bertz CT molecular complexity index is 2180. The smallest absolute Gasteiger partial charge is 0.313 e. The first-order valence-electron chi connectivity index (χ1n) is 28.6. The third kappa shape index (κ3) is 8.18. The second-order valence-corrected chi connectivity index (χ2v) is 24.8. The highest BCUT2D eigenvalue weighted by Crippen LogP contribution is 2.77. The lowest BCUT2D eigenvalue weighted by Gasteiger charge is -2.57. The molecule has 18 heteroatoms. The predicted octanol–water partition coefficient (Wildman–Crippen LogP) is 5.98. The van der Waals surface area contributed by atoms with Gasteiger partial charge < -0.3 is 58.3 Å². The van der Waals surface area contributed by atoms with Crippen molar-refractivity contribution in [2.75, 3.05) is 0 Å². The van der Waals surface area contributed by atoms with Crippen LogP contribution in [0.15, 0.2) is 24.3 Å². The number of epoxide rings is 2. The third-order valence-electron chi connectivity index (χ3n) is 20.5. The Balaban J connectivity index is 0.000000186. The van der Waals surface area contributed by atoms with Crippen LogP contribution < -0.4 is 0 Å². The second kappa shape index (κ2) is 20.6. The Labute approximate surface area is 446 Å². The van der Waals surface area contributed by atoms with Crippen molar-refractivity contribution in [1.29, 1.82) is 0 Å². The van der Waals surface area contributed by atoms with Crippen molar-refractivity contribution in [3.05, 3.63) is 24.3 Å². The zero-order valence-electron chi connectivity index (χ0n) is 45.9. The maximum atomic E-state index is 13.2. The minimum atomic E-state index is -1.81. The minimum absolute atomic E-state index is 0.0973. The highest BCUT2D eigenvalue weighted by molar-refractivity contribution is 5.83. The number of fused-ring (bicyclic) bond motifs is 16. The number of aliphatic hydroxyl groups is 4. The van der Waals surface area contributed by atoms with Gasteiger partial charge in [-0.2, -0.15) is 0 Å². The lowest BCUT2D eigenvalue weighted by Crippen LogP contribution is -2.72. The molecule has 18 nitrogen and oxygen atoms in total. The van der Waals surface area contributed by atoms with Crippen LogP contribution in [-0.2, 0) is 66.7 Å². The number of hydrogen-bond donors (Lipinski definition) is 4. The molecule has 10 fully saturated rings. The fourth-order valence-corrected chi connectivity index (χ4v) is 16.2. The van der Waals surface area contributed by atoms with Crippen LogP contribution in [0.2, 0.25) is 0 Å². The molecule has 0 unspecified atom stereocenters. The van der Waals surface area contributed by atoms with Gasteiger partial charge in [-0.15, -0.1) is 0 Å². The molecule has 4 saturated carbocycles. The van der Waals surface area contributed by atoms with E-state index in [-0.39, 0.29) is 24.8 Å². The molecule has 0 amide bonds. The summed E-state index contributed by atoms with van der Waals surface area (Å²) in [5.74, 6) is -7.71. The quantitative estimate of drug-likeness (QED) is 0.0320. The van der Waals surface area contributed by atoms with Crippen molar-refractivity contribution >= 4 is 35.8 Å². The molecule has 0 aromatic heterocycles. The van der Waals surface area contributed by atoms with Gasteiger partial charge in [-0.25, -0.2) is 0 Å². The van der Waals surface area contributed by atoms with E-state index < -0.39 is 154 Å². The molecule has 10 rings (SSSR count). The molecular formula is C58H84O18. The maximum Gasteiger partial charge on any atom is 0.313 e. The van der Waals surface area contributed by atoms with Gasteiger partial charge in [0.05, 0.1) is 34.5 Å². The number of carbonyl (C=O) groups is 6. The van der Waals surface area contributed by atoms with E-state index in [0.717, 1.165) is 38.5 Å². The molecule has 10 aliphatic rings. The van der Waals surface area contributed by atoms with E-state index in [2.05, 4.69) is 27.0 Å². The molecular weight excluding hydrogens is 985 g/mol. The van der Waals surface area contributed by atoms with Crippen LogP contribution in [0.4, 0.5) is 0 Å². The second-order valence-electron chi connectivity index (χ2n) is 24.8.